The van der Waals surface area contributed by atoms with Crippen LogP contribution in [0.3, 0.4) is 0 Å². The van der Waals surface area contributed by atoms with Crippen LogP contribution in [0, 0.1) is 0 Å². The number of nitrogens with zero attached hydrogens (tertiary/aromatic N) is 1. The van der Waals surface area contributed by atoms with Crippen LogP contribution in [-0.2, 0) is 6.18 Å². The van der Waals surface area contributed by atoms with Gasteiger partial charge < -0.3 is 0 Å². The average Bonchev–Trinajstić information content (AvgIpc) is 2.97. The molecule has 0 aromatic carbocycles. The standard InChI is InChI=1S/C4HF3NO.3C4H9.Sn/c5-4(6,7)3-1-2-9-8-3;3*1-3-4-2;/h1H;3*1,3-4H2,2H3;. The molecule has 1 aromatic rings. The van der Waals surface area contributed by atoms with Crippen LogP contribution in [0.4, 0.5) is 13.2 Å². The first kappa shape index (κ1) is 19.8. The van der Waals surface area contributed by atoms with E-state index >= 15 is 0 Å². The van der Waals surface area contributed by atoms with Crippen LogP contribution in [0.2, 0.25) is 13.3 Å². The summed E-state index contributed by atoms with van der Waals surface area (Å²) in [4.78, 5) is 0. The van der Waals surface area contributed by atoms with Crippen molar-refractivity contribution in [2.24, 2.45) is 0 Å². The zero-order valence-electron chi connectivity index (χ0n) is 13.9. The maximum atomic E-state index is 12.8. The SMILES string of the molecule is CCC[CH2][Sn]([CH2]CCC)([CH2]CCC)[c]1cc(C(F)(F)F)no1. The van der Waals surface area contributed by atoms with Crippen molar-refractivity contribution in [3.63, 3.8) is 0 Å². The monoisotopic (exact) mass is 427 g/mol. The molecule has 0 atom stereocenters. The molecule has 2 nitrogen and oxygen atoms in total. The van der Waals surface area contributed by atoms with Crippen LogP contribution in [-0.4, -0.2) is 23.5 Å². The Kier molecular flexibility index (Phi) is 8.28. The summed E-state index contributed by atoms with van der Waals surface area (Å²) >= 11 is -2.91. The molecule has 1 heterocycles. The second kappa shape index (κ2) is 9.18. The zero-order chi connectivity index (χ0) is 16.6. The van der Waals surface area contributed by atoms with Crippen molar-refractivity contribution in [2.45, 2.75) is 78.8 Å². The predicted molar refractivity (Wildman–Crippen MR) is 86.0 cm³/mol. The second-order valence-corrected chi connectivity index (χ2v) is 19.2. The Bertz CT molecular complexity index is 409. The molecule has 0 saturated carbocycles. The summed E-state index contributed by atoms with van der Waals surface area (Å²) in [6.07, 6.45) is 2.11. The van der Waals surface area contributed by atoms with E-state index in [0.29, 0.717) is 3.78 Å². The quantitative estimate of drug-likeness (QED) is 0.446. The van der Waals surface area contributed by atoms with Crippen LogP contribution in [0.15, 0.2) is 10.6 Å². The van der Waals surface area contributed by atoms with E-state index in [0.717, 1.165) is 51.8 Å². The van der Waals surface area contributed by atoms with Crippen molar-refractivity contribution in [1.29, 1.82) is 0 Å². The summed E-state index contributed by atoms with van der Waals surface area (Å²) in [5, 5.41) is 3.33. The Hall–Kier alpha value is -0.201. The van der Waals surface area contributed by atoms with Gasteiger partial charge in [-0.25, -0.2) is 0 Å². The number of hydrogen-bond acceptors (Lipinski definition) is 2. The molecule has 0 unspecified atom stereocenters. The van der Waals surface area contributed by atoms with Gasteiger partial charge in [0.25, 0.3) is 0 Å². The maximum absolute atomic E-state index is 12.8. The van der Waals surface area contributed by atoms with E-state index in [1.165, 1.54) is 6.07 Å². The summed E-state index contributed by atoms with van der Waals surface area (Å²) in [6.45, 7) is 6.41. The number of rotatable bonds is 10. The Morgan fingerprint density at radius 2 is 1.41 bits per heavy atom. The van der Waals surface area contributed by atoms with E-state index < -0.39 is 30.2 Å². The molecule has 0 aliphatic rings. The fourth-order valence-electron chi connectivity index (χ4n) is 2.95. The van der Waals surface area contributed by atoms with Crippen LogP contribution in [0.1, 0.15) is 65.0 Å². The van der Waals surface area contributed by atoms with E-state index in [2.05, 4.69) is 25.9 Å². The normalized spacial score (nSPS) is 12.8. The van der Waals surface area contributed by atoms with Gasteiger partial charge in [-0.15, -0.1) is 0 Å². The second-order valence-electron chi connectivity index (χ2n) is 6.17. The zero-order valence-corrected chi connectivity index (χ0v) is 16.8. The van der Waals surface area contributed by atoms with Crippen molar-refractivity contribution in [2.75, 3.05) is 0 Å². The number of halogens is 3. The van der Waals surface area contributed by atoms with Crippen molar-refractivity contribution >= 4 is 22.2 Å². The van der Waals surface area contributed by atoms with Gasteiger partial charge in [-0.3, -0.25) is 0 Å². The summed E-state index contributed by atoms with van der Waals surface area (Å²) in [7, 11) is 0. The Morgan fingerprint density at radius 3 is 1.73 bits per heavy atom. The van der Waals surface area contributed by atoms with Crippen molar-refractivity contribution in [3.8, 4) is 0 Å². The van der Waals surface area contributed by atoms with Crippen LogP contribution in [0.5, 0.6) is 0 Å². The molecule has 22 heavy (non-hydrogen) atoms. The molecule has 1 aromatic heterocycles. The Morgan fingerprint density at radius 1 is 0.955 bits per heavy atom. The molecule has 0 saturated heterocycles. The van der Waals surface area contributed by atoms with Crippen LogP contribution < -0.4 is 3.78 Å². The molecule has 0 spiro atoms. The third-order valence-electron chi connectivity index (χ3n) is 4.35. The van der Waals surface area contributed by atoms with Gasteiger partial charge in [0.05, 0.1) is 0 Å². The van der Waals surface area contributed by atoms with E-state index in [1.807, 2.05) is 0 Å². The van der Waals surface area contributed by atoms with Crippen LogP contribution in [0.25, 0.3) is 0 Å². The van der Waals surface area contributed by atoms with E-state index in [9.17, 15) is 13.2 Å². The molecule has 128 valence electrons. The van der Waals surface area contributed by atoms with Crippen molar-refractivity contribution in [1.82, 2.24) is 5.16 Å². The summed E-state index contributed by atoms with van der Waals surface area (Å²) in [6, 6.07) is 1.22. The molecule has 6 heteroatoms. The molecule has 0 N–H and O–H groups in total. The van der Waals surface area contributed by atoms with E-state index in [-0.39, 0.29) is 0 Å². The van der Waals surface area contributed by atoms with Gasteiger partial charge >= 0.3 is 136 Å². The fourth-order valence-corrected chi connectivity index (χ4v) is 18.0. The minimum absolute atomic E-state index is 0.636. The van der Waals surface area contributed by atoms with Gasteiger partial charge in [0.15, 0.2) is 0 Å². The van der Waals surface area contributed by atoms with Crippen LogP contribution >= 0.6 is 0 Å². The number of alkyl halides is 3. The fraction of sp³-hybridized carbons (Fsp3) is 0.812. The summed E-state index contributed by atoms with van der Waals surface area (Å²) in [5.74, 6) is 0. The van der Waals surface area contributed by atoms with Crippen molar-refractivity contribution in [3.05, 3.63) is 11.8 Å². The molecule has 0 bridgehead atoms. The van der Waals surface area contributed by atoms with Gasteiger partial charge in [0.2, 0.25) is 0 Å². The minimum atomic E-state index is -4.40. The van der Waals surface area contributed by atoms with Crippen molar-refractivity contribution < 1.29 is 17.7 Å². The topological polar surface area (TPSA) is 26.0 Å². The molecule has 0 aliphatic carbocycles. The number of aromatic nitrogens is 1. The van der Waals surface area contributed by atoms with Gasteiger partial charge in [-0.05, 0) is 0 Å². The van der Waals surface area contributed by atoms with E-state index in [1.54, 1.807) is 0 Å². The molecule has 1 rings (SSSR count). The average molecular weight is 426 g/mol. The first-order valence-corrected chi connectivity index (χ1v) is 15.9. The van der Waals surface area contributed by atoms with E-state index in [4.69, 9.17) is 4.52 Å². The molecule has 0 amide bonds. The third-order valence-corrected chi connectivity index (χ3v) is 19.2. The molecule has 0 aliphatic heterocycles. The van der Waals surface area contributed by atoms with Gasteiger partial charge in [0.1, 0.15) is 0 Å². The molecular weight excluding hydrogens is 398 g/mol. The Balaban J connectivity index is 3.10. The molecular formula is C16H28F3NOSn. The van der Waals surface area contributed by atoms with Gasteiger partial charge in [0, 0.05) is 0 Å². The molecule has 0 fully saturated rings. The van der Waals surface area contributed by atoms with Gasteiger partial charge in [-0.2, -0.15) is 0 Å². The first-order chi connectivity index (χ1) is 10.4. The number of unbranched alkanes of at least 4 members (excludes halogenated alkanes) is 3. The number of hydrogen-bond donors (Lipinski definition) is 0. The van der Waals surface area contributed by atoms with Gasteiger partial charge in [-0.1, -0.05) is 0 Å². The summed E-state index contributed by atoms with van der Waals surface area (Å²) in [5.41, 5.74) is -0.854. The molecule has 0 radical (unpaired) electrons. The summed E-state index contributed by atoms with van der Waals surface area (Å²) < 4.78 is 47.7. The Labute approximate surface area is 135 Å². The predicted octanol–water partition coefficient (Wildman–Crippen LogP) is 5.75. The first-order valence-electron chi connectivity index (χ1n) is 8.44. The third kappa shape index (κ3) is 5.46.